The molecule has 8 nitrogen and oxygen atoms in total. The van der Waals surface area contributed by atoms with Crippen LogP contribution in [0, 0.1) is 0 Å². The van der Waals surface area contributed by atoms with E-state index in [2.05, 4.69) is 15.0 Å². The maximum absolute atomic E-state index is 12.8. The van der Waals surface area contributed by atoms with E-state index in [0.717, 1.165) is 21.4 Å². The van der Waals surface area contributed by atoms with Gasteiger partial charge in [0.05, 0.1) is 5.69 Å². The summed E-state index contributed by atoms with van der Waals surface area (Å²) in [5.74, 6) is -0.163. The van der Waals surface area contributed by atoms with Crippen LogP contribution in [-0.4, -0.2) is 37.6 Å². The third-order valence-electron chi connectivity index (χ3n) is 4.56. The Balaban J connectivity index is 1.77. The van der Waals surface area contributed by atoms with Crippen molar-refractivity contribution in [2.24, 2.45) is 4.99 Å². The number of para-hydroxylation sites is 1. The van der Waals surface area contributed by atoms with Gasteiger partial charge < -0.3 is 14.8 Å². The number of pyridine rings is 1. The average Bonchev–Trinajstić information content (AvgIpc) is 3.28. The molecule has 162 valence electrons. The highest BCUT2D eigenvalue weighted by molar-refractivity contribution is 6.21. The van der Waals surface area contributed by atoms with Crippen LogP contribution in [0.15, 0.2) is 52.4 Å². The number of ether oxygens (including phenoxy) is 1. The third-order valence-corrected chi connectivity index (χ3v) is 4.56. The second-order valence-electron chi connectivity index (χ2n) is 8.19. The molecule has 0 bridgehead atoms. The molecule has 4 rings (SSSR count). The molecule has 0 unspecified atom stereocenters. The van der Waals surface area contributed by atoms with Crippen LogP contribution in [0.4, 0.5) is 10.5 Å². The Kier molecular flexibility index (Phi) is 5.36. The Morgan fingerprint density at radius 1 is 1.16 bits per heavy atom. The number of hydrogen-bond donors (Lipinski definition) is 2. The number of hydrogen-bond acceptors (Lipinski definition) is 6. The van der Waals surface area contributed by atoms with Crippen LogP contribution in [0.1, 0.15) is 43.4 Å². The van der Waals surface area contributed by atoms with E-state index < -0.39 is 11.7 Å². The number of carbonyl (C=O) groups excluding carboxylic acids is 1. The van der Waals surface area contributed by atoms with Gasteiger partial charge in [-0.3, -0.25) is 9.79 Å². The number of aromatic nitrogens is 3. The van der Waals surface area contributed by atoms with Crippen molar-refractivity contribution in [1.82, 2.24) is 14.5 Å². The van der Waals surface area contributed by atoms with Crippen molar-refractivity contribution in [2.75, 3.05) is 0 Å². The fourth-order valence-electron chi connectivity index (χ4n) is 3.14. The van der Waals surface area contributed by atoms with Crippen LogP contribution in [0.3, 0.4) is 0 Å². The smallest absolute Gasteiger partial charge is 0.423 e. The lowest BCUT2D eigenvalue weighted by molar-refractivity contribution is 0.0524. The zero-order valence-electron chi connectivity index (χ0n) is 17.9. The van der Waals surface area contributed by atoms with Gasteiger partial charge in [-0.15, -0.1) is 0 Å². The summed E-state index contributed by atoms with van der Waals surface area (Å²) in [7, 11) is 0. The number of imidazole rings is 1. The molecule has 0 saturated carbocycles. The first-order valence-electron chi connectivity index (χ1n) is 9.98. The van der Waals surface area contributed by atoms with Crippen LogP contribution in [-0.2, 0) is 4.74 Å². The Morgan fingerprint density at radius 2 is 1.94 bits per heavy atom. The van der Waals surface area contributed by atoms with Crippen LogP contribution in [0.2, 0.25) is 0 Å². The Labute approximate surface area is 184 Å². The molecule has 0 atom stereocenters. The van der Waals surface area contributed by atoms with Gasteiger partial charge in [-0.05, 0) is 56.7 Å². The zero-order chi connectivity index (χ0) is 22.9. The molecule has 0 aliphatic carbocycles. The predicted octanol–water partition coefficient (Wildman–Crippen LogP) is 4.49. The molecule has 1 aliphatic heterocycles. The van der Waals surface area contributed by atoms with Crippen molar-refractivity contribution in [3.05, 3.63) is 75.6 Å². The van der Waals surface area contributed by atoms with Gasteiger partial charge in [0, 0.05) is 29.6 Å². The maximum Gasteiger partial charge on any atom is 0.423 e. The standard InChI is InChI=1S/C24H22N4O4/c1-24(2,3)32-23(31)28-20(10-8-15-9-11-21(29)26-13-15)27-19(22(28)30)12-16-14-25-18-7-5-4-6-17(16)18/h4-14,30H,1-3H3,(H,26,29)/b10-8+,16-12-. The maximum atomic E-state index is 12.8. The lowest BCUT2D eigenvalue weighted by atomic mass is 10.1. The fourth-order valence-corrected chi connectivity index (χ4v) is 3.14. The number of aliphatic imine (C=N–C) groups is 1. The van der Waals surface area contributed by atoms with Crippen LogP contribution >= 0.6 is 0 Å². The Bertz CT molecular complexity index is 1320. The number of aromatic hydroxyl groups is 1. The van der Waals surface area contributed by atoms with Crippen LogP contribution in [0.5, 0.6) is 5.88 Å². The largest absolute Gasteiger partial charge is 0.493 e. The highest BCUT2D eigenvalue weighted by Gasteiger charge is 2.25. The molecule has 8 heteroatoms. The Hall–Kier alpha value is -4.20. The minimum atomic E-state index is -0.761. The van der Waals surface area contributed by atoms with Crippen molar-refractivity contribution >= 4 is 41.8 Å². The molecule has 0 fully saturated rings. The predicted molar refractivity (Wildman–Crippen MR) is 124 cm³/mol. The van der Waals surface area contributed by atoms with Crippen LogP contribution < -0.4 is 5.56 Å². The number of H-pyrrole nitrogens is 1. The van der Waals surface area contributed by atoms with Gasteiger partial charge >= 0.3 is 6.09 Å². The topological polar surface area (TPSA) is 110 Å². The molecular weight excluding hydrogens is 408 g/mol. The number of aromatic amines is 1. The first kappa shape index (κ1) is 21.0. The minimum absolute atomic E-state index is 0.179. The summed E-state index contributed by atoms with van der Waals surface area (Å²) in [6.07, 6.45) is 7.37. The van der Waals surface area contributed by atoms with Crippen molar-refractivity contribution in [3.8, 4) is 5.88 Å². The van der Waals surface area contributed by atoms with E-state index in [1.165, 1.54) is 12.3 Å². The molecule has 1 aromatic carbocycles. The second-order valence-corrected chi connectivity index (χ2v) is 8.19. The van der Waals surface area contributed by atoms with Gasteiger partial charge in [0.1, 0.15) is 17.1 Å². The van der Waals surface area contributed by atoms with E-state index in [0.29, 0.717) is 5.56 Å². The number of fused-ring (bicyclic) bond motifs is 1. The van der Waals surface area contributed by atoms with Gasteiger partial charge in [-0.2, -0.15) is 4.57 Å². The first-order valence-corrected chi connectivity index (χ1v) is 9.98. The number of allylic oxidation sites excluding steroid dienone is 1. The Morgan fingerprint density at radius 3 is 2.66 bits per heavy atom. The fraction of sp³-hybridized carbons (Fsp3) is 0.167. The van der Waals surface area contributed by atoms with Gasteiger partial charge in [0.25, 0.3) is 0 Å². The van der Waals surface area contributed by atoms with E-state index >= 15 is 0 Å². The monoisotopic (exact) mass is 430 g/mol. The molecule has 1 aliphatic rings. The number of rotatable bonds is 3. The molecule has 32 heavy (non-hydrogen) atoms. The summed E-state index contributed by atoms with van der Waals surface area (Å²) >= 11 is 0. The van der Waals surface area contributed by atoms with Crippen molar-refractivity contribution in [1.29, 1.82) is 0 Å². The van der Waals surface area contributed by atoms with Crippen molar-refractivity contribution in [3.63, 3.8) is 0 Å². The first-order chi connectivity index (χ1) is 15.2. The van der Waals surface area contributed by atoms with Crippen molar-refractivity contribution in [2.45, 2.75) is 26.4 Å². The average molecular weight is 430 g/mol. The lowest BCUT2D eigenvalue weighted by Gasteiger charge is -2.20. The van der Waals surface area contributed by atoms with E-state index in [9.17, 15) is 14.7 Å². The van der Waals surface area contributed by atoms with E-state index in [1.807, 2.05) is 24.3 Å². The van der Waals surface area contributed by atoms with Crippen molar-refractivity contribution < 1.29 is 14.6 Å². The molecule has 3 heterocycles. The van der Waals surface area contributed by atoms with Crippen LogP contribution in [0.25, 0.3) is 23.8 Å². The summed E-state index contributed by atoms with van der Waals surface area (Å²) in [5, 5.41) is 10.8. The molecule has 0 spiro atoms. The zero-order valence-corrected chi connectivity index (χ0v) is 17.9. The second kappa shape index (κ2) is 8.14. The van der Waals surface area contributed by atoms with E-state index in [1.54, 1.807) is 51.3 Å². The molecule has 2 N–H and O–H groups in total. The molecule has 0 saturated heterocycles. The number of benzene rings is 1. The number of nitrogens with zero attached hydrogens (tertiary/aromatic N) is 3. The lowest BCUT2D eigenvalue weighted by Crippen LogP contribution is -2.27. The quantitative estimate of drug-likeness (QED) is 0.636. The summed E-state index contributed by atoms with van der Waals surface area (Å²) in [5.41, 5.74) is 2.41. The normalized spacial score (nSPS) is 14.3. The SMILES string of the molecule is CC(C)(C)OC(=O)n1c(/C=C/c2ccc(=O)[nH]c2)nc(/C=C2/C=Nc3ccccc32)c1O. The third kappa shape index (κ3) is 4.44. The molecule has 2 aromatic heterocycles. The molecule has 0 radical (unpaired) electrons. The molecular formula is C24H22N4O4. The summed E-state index contributed by atoms with van der Waals surface area (Å²) < 4.78 is 6.46. The summed E-state index contributed by atoms with van der Waals surface area (Å²) in [4.78, 5) is 35.5. The molecule has 0 amide bonds. The van der Waals surface area contributed by atoms with Gasteiger partial charge in [-0.25, -0.2) is 9.78 Å². The highest BCUT2D eigenvalue weighted by Crippen LogP contribution is 2.34. The van der Waals surface area contributed by atoms with Gasteiger partial charge in [-0.1, -0.05) is 18.2 Å². The van der Waals surface area contributed by atoms with E-state index in [4.69, 9.17) is 4.74 Å². The molecule has 3 aromatic rings. The van der Waals surface area contributed by atoms with Gasteiger partial charge in [0.15, 0.2) is 0 Å². The summed E-state index contributed by atoms with van der Waals surface area (Å²) in [6.45, 7) is 5.22. The minimum Gasteiger partial charge on any atom is -0.493 e. The summed E-state index contributed by atoms with van der Waals surface area (Å²) in [6, 6.07) is 10.6. The number of carbonyl (C=O) groups is 1. The van der Waals surface area contributed by atoms with E-state index in [-0.39, 0.29) is 23.0 Å². The van der Waals surface area contributed by atoms with Gasteiger partial charge in [0.2, 0.25) is 11.4 Å². The highest BCUT2D eigenvalue weighted by atomic mass is 16.6. The number of nitrogens with one attached hydrogen (secondary N) is 1.